The van der Waals surface area contributed by atoms with Crippen molar-refractivity contribution < 1.29 is 66.9 Å². The first-order valence-electron chi connectivity index (χ1n) is 4.80. The molecule has 0 radical (unpaired) electrons. The molecule has 15 heteroatoms. The van der Waals surface area contributed by atoms with E-state index in [4.69, 9.17) is 0 Å². The van der Waals surface area contributed by atoms with E-state index in [1.54, 1.807) is 0 Å². The number of methoxy groups -OCH3 is 1. The summed E-state index contributed by atoms with van der Waals surface area (Å²) in [6.07, 6.45) is -27.1. The molecule has 0 aliphatic rings. The third-order valence-electron chi connectivity index (χ3n) is 1.89. The maximum Gasteiger partial charge on any atom is 0.475 e. The first-order chi connectivity index (χ1) is 10.0. The van der Waals surface area contributed by atoms with Crippen molar-refractivity contribution in [1.29, 1.82) is 0 Å². The number of alkyl halides is 9. The molecule has 0 bridgehead atoms. The quantitative estimate of drug-likeness (QED) is 0.464. The molecule has 0 aliphatic carbocycles. The lowest BCUT2D eigenvalue weighted by Gasteiger charge is -2.32. The van der Waals surface area contributed by atoms with Gasteiger partial charge in [0.25, 0.3) is 6.36 Å². The van der Waals surface area contributed by atoms with Crippen molar-refractivity contribution in [2.45, 2.75) is 30.6 Å². The highest BCUT2D eigenvalue weighted by atomic mass is 19.4. The van der Waals surface area contributed by atoms with Crippen molar-refractivity contribution in [1.82, 2.24) is 0 Å². The molecule has 0 aromatic heterocycles. The van der Waals surface area contributed by atoms with E-state index >= 15 is 0 Å². The molecule has 0 heterocycles. The summed E-state index contributed by atoms with van der Waals surface area (Å²) in [6, 6.07) is -3.66. The van der Waals surface area contributed by atoms with Crippen LogP contribution in [0.2, 0.25) is 0 Å². The Bertz CT molecular complexity index is 444. The van der Waals surface area contributed by atoms with Crippen LogP contribution in [0.15, 0.2) is 12.1 Å². The molecule has 0 N–H and O–H groups in total. The van der Waals surface area contributed by atoms with Crippen molar-refractivity contribution >= 4 is 0 Å². The summed E-state index contributed by atoms with van der Waals surface area (Å²) >= 11 is 0. The summed E-state index contributed by atoms with van der Waals surface area (Å²) in [5, 5.41) is 0. The van der Waals surface area contributed by atoms with Crippen LogP contribution >= 0.6 is 0 Å². The Kier molecular flexibility index (Phi) is 6.23. The minimum atomic E-state index is -7.04. The summed E-state index contributed by atoms with van der Waals surface area (Å²) in [5.74, 6) is -7.04. The molecule has 138 valence electrons. The van der Waals surface area contributed by atoms with Gasteiger partial charge in [0.2, 0.25) is 0 Å². The van der Waals surface area contributed by atoms with Crippen LogP contribution in [0.5, 0.6) is 0 Å². The number of halogens is 12. The maximum absolute atomic E-state index is 12.8. The van der Waals surface area contributed by atoms with Gasteiger partial charge in [0.1, 0.15) is 0 Å². The SMILES string of the molecule is COC(F)(F)C(F)OC(F)(F)C(F)(F)C(F)(F)OC(F)=C(F)F. The van der Waals surface area contributed by atoms with Gasteiger partial charge in [0, 0.05) is 7.11 Å². The topological polar surface area (TPSA) is 27.7 Å². The van der Waals surface area contributed by atoms with Crippen LogP contribution in [-0.2, 0) is 14.2 Å². The summed E-state index contributed by atoms with van der Waals surface area (Å²) in [6.45, 7) is 0. The van der Waals surface area contributed by atoms with Gasteiger partial charge in [-0.05, 0) is 0 Å². The zero-order valence-corrected chi connectivity index (χ0v) is 10.3. The third kappa shape index (κ3) is 4.55. The molecule has 1 atom stereocenters. The molecular formula is C8H4F12O3. The first-order valence-corrected chi connectivity index (χ1v) is 4.80. The van der Waals surface area contributed by atoms with Crippen molar-refractivity contribution in [3.8, 4) is 0 Å². The Hall–Kier alpha value is -1.38. The Morgan fingerprint density at radius 1 is 0.826 bits per heavy atom. The van der Waals surface area contributed by atoms with E-state index in [1.165, 1.54) is 0 Å². The lowest BCUT2D eigenvalue weighted by atomic mass is 10.3. The minimum absolute atomic E-state index is 0.0220. The van der Waals surface area contributed by atoms with Crippen molar-refractivity contribution in [3.63, 3.8) is 0 Å². The fourth-order valence-electron chi connectivity index (χ4n) is 0.750. The highest BCUT2D eigenvalue weighted by Gasteiger charge is 2.77. The van der Waals surface area contributed by atoms with E-state index in [9.17, 15) is 52.7 Å². The largest absolute Gasteiger partial charge is 0.475 e. The summed E-state index contributed by atoms with van der Waals surface area (Å²) < 4.78 is 156. The predicted octanol–water partition coefficient (Wildman–Crippen LogP) is 4.41. The minimum Gasteiger partial charge on any atom is -0.397 e. The second-order valence-corrected chi connectivity index (χ2v) is 3.44. The molecular weight excluding hydrogens is 372 g/mol. The van der Waals surface area contributed by atoms with Gasteiger partial charge in [-0.2, -0.15) is 48.3 Å². The number of hydrogen-bond donors (Lipinski definition) is 0. The Balaban J connectivity index is 5.49. The molecule has 0 rings (SSSR count). The zero-order chi connectivity index (χ0) is 18.9. The Morgan fingerprint density at radius 2 is 1.26 bits per heavy atom. The van der Waals surface area contributed by atoms with Gasteiger partial charge >= 0.3 is 36.3 Å². The molecule has 3 nitrogen and oxygen atoms in total. The number of ether oxygens (including phenoxy) is 3. The second kappa shape index (κ2) is 6.62. The zero-order valence-electron chi connectivity index (χ0n) is 10.3. The fourth-order valence-corrected chi connectivity index (χ4v) is 0.750. The normalized spacial score (nSPS) is 15.3. The van der Waals surface area contributed by atoms with Gasteiger partial charge in [-0.1, -0.05) is 0 Å². The van der Waals surface area contributed by atoms with Crippen molar-refractivity contribution in [3.05, 3.63) is 12.1 Å². The molecule has 1 unspecified atom stereocenters. The molecule has 23 heavy (non-hydrogen) atoms. The maximum atomic E-state index is 12.8. The molecule has 0 amide bonds. The number of rotatable bonds is 8. The fraction of sp³-hybridized carbons (Fsp3) is 0.750. The van der Waals surface area contributed by atoms with E-state index in [-0.39, 0.29) is 7.11 Å². The standard InChI is InChI=1S/C8H4F12O3/c1-21-5(13,14)4(12)23-8(19,20)6(15,16)7(17,18)22-3(11)2(9)10/h4H,1H3. The predicted molar refractivity (Wildman–Crippen MR) is 44.2 cm³/mol. The van der Waals surface area contributed by atoms with E-state index < -0.39 is 42.7 Å². The molecule has 0 aromatic rings. The van der Waals surface area contributed by atoms with Gasteiger partial charge in [0.15, 0.2) is 0 Å². The van der Waals surface area contributed by atoms with Gasteiger partial charge < -0.3 is 9.47 Å². The van der Waals surface area contributed by atoms with Crippen LogP contribution in [0, 0.1) is 0 Å². The van der Waals surface area contributed by atoms with E-state index in [2.05, 4.69) is 9.47 Å². The van der Waals surface area contributed by atoms with Crippen LogP contribution in [-0.4, -0.2) is 37.7 Å². The second-order valence-electron chi connectivity index (χ2n) is 3.44. The smallest absolute Gasteiger partial charge is 0.397 e. The van der Waals surface area contributed by atoms with E-state index in [0.717, 1.165) is 0 Å². The van der Waals surface area contributed by atoms with Crippen LogP contribution < -0.4 is 0 Å². The average Bonchev–Trinajstić information content (AvgIpc) is 2.36. The lowest BCUT2D eigenvalue weighted by Crippen LogP contribution is -2.58. The molecule has 0 fully saturated rings. The van der Waals surface area contributed by atoms with Crippen molar-refractivity contribution in [2.75, 3.05) is 7.11 Å². The lowest BCUT2D eigenvalue weighted by molar-refractivity contribution is -0.477. The van der Waals surface area contributed by atoms with Gasteiger partial charge in [0.05, 0.1) is 0 Å². The first kappa shape index (κ1) is 21.6. The van der Waals surface area contributed by atoms with E-state index in [1.807, 2.05) is 4.74 Å². The van der Waals surface area contributed by atoms with E-state index in [0.29, 0.717) is 0 Å². The summed E-state index contributed by atoms with van der Waals surface area (Å²) in [4.78, 5) is 0. The van der Waals surface area contributed by atoms with Crippen LogP contribution in [0.1, 0.15) is 0 Å². The average molecular weight is 376 g/mol. The molecule has 0 saturated carbocycles. The monoisotopic (exact) mass is 376 g/mol. The summed E-state index contributed by atoms with van der Waals surface area (Å²) in [5.41, 5.74) is 0. The molecule has 0 spiro atoms. The number of hydrogen-bond acceptors (Lipinski definition) is 3. The van der Waals surface area contributed by atoms with Crippen LogP contribution in [0.4, 0.5) is 52.7 Å². The highest BCUT2D eigenvalue weighted by molar-refractivity contribution is 4.91. The Morgan fingerprint density at radius 3 is 1.61 bits per heavy atom. The summed E-state index contributed by atoms with van der Waals surface area (Å²) in [7, 11) is 0.0220. The molecule has 0 aromatic carbocycles. The highest BCUT2D eigenvalue weighted by Crippen LogP contribution is 2.49. The van der Waals surface area contributed by atoms with Gasteiger partial charge in [-0.3, -0.25) is 4.74 Å². The van der Waals surface area contributed by atoms with Gasteiger partial charge in [-0.25, -0.2) is 4.39 Å². The van der Waals surface area contributed by atoms with Crippen LogP contribution in [0.3, 0.4) is 0 Å². The van der Waals surface area contributed by atoms with Crippen LogP contribution in [0.25, 0.3) is 0 Å². The van der Waals surface area contributed by atoms with Crippen molar-refractivity contribution in [2.24, 2.45) is 0 Å². The molecule has 0 saturated heterocycles. The Labute approximate surface area is 118 Å². The van der Waals surface area contributed by atoms with Gasteiger partial charge in [-0.15, -0.1) is 0 Å². The molecule has 0 aliphatic heterocycles. The third-order valence-corrected chi connectivity index (χ3v) is 1.89.